The topological polar surface area (TPSA) is 26.0 Å². The molecular weight excluding hydrogens is 129 g/mol. The molecule has 0 amide bonds. The molecule has 0 saturated carbocycles. The fraction of sp³-hybridized carbons (Fsp3) is 0.429. The molecule has 0 aliphatic rings. The van der Waals surface area contributed by atoms with Crippen molar-refractivity contribution in [1.29, 1.82) is 0 Å². The van der Waals surface area contributed by atoms with Gasteiger partial charge in [-0.05, 0) is 12.6 Å². The van der Waals surface area contributed by atoms with Gasteiger partial charge in [-0.25, -0.2) is 0 Å². The van der Waals surface area contributed by atoms with Gasteiger partial charge in [-0.3, -0.25) is 0 Å². The third-order valence-corrected chi connectivity index (χ3v) is 1.15. The van der Waals surface area contributed by atoms with Crippen molar-refractivity contribution in [3.63, 3.8) is 0 Å². The second kappa shape index (κ2) is 7.87. The van der Waals surface area contributed by atoms with E-state index in [1.54, 1.807) is 0 Å². The molecular formula is C7H14NP. The summed E-state index contributed by atoms with van der Waals surface area (Å²) in [6, 6.07) is 0. The highest BCUT2D eigenvalue weighted by Crippen LogP contribution is 1.87. The van der Waals surface area contributed by atoms with Gasteiger partial charge in [-0.1, -0.05) is 24.3 Å². The first kappa shape index (κ1) is 8.87. The van der Waals surface area contributed by atoms with Gasteiger partial charge in [0.15, 0.2) is 0 Å². The minimum absolute atomic E-state index is 0.648. The Morgan fingerprint density at radius 2 is 1.78 bits per heavy atom. The largest absolute Gasteiger partial charge is 0.327 e. The lowest BCUT2D eigenvalue weighted by molar-refractivity contribution is 1.23. The van der Waals surface area contributed by atoms with Crippen molar-refractivity contribution in [3.8, 4) is 0 Å². The maximum atomic E-state index is 5.23. The summed E-state index contributed by atoms with van der Waals surface area (Å²) in [5, 5.41) is 0. The Hall–Kier alpha value is -0.130. The summed E-state index contributed by atoms with van der Waals surface area (Å²) in [7, 11) is 2.64. The SMILES string of the molecule is NC/C=C\C/C=C\CP. The first-order chi connectivity index (χ1) is 4.41. The van der Waals surface area contributed by atoms with Gasteiger partial charge in [0.05, 0.1) is 0 Å². The highest BCUT2D eigenvalue weighted by Gasteiger charge is 1.68. The molecule has 0 fully saturated rings. The maximum Gasteiger partial charge on any atom is 0.0106 e. The lowest BCUT2D eigenvalue weighted by atomic mass is 10.3. The van der Waals surface area contributed by atoms with Crippen LogP contribution in [0.4, 0.5) is 0 Å². The summed E-state index contributed by atoms with van der Waals surface area (Å²) >= 11 is 0. The summed E-state index contributed by atoms with van der Waals surface area (Å²) in [5.74, 6) is 0. The Kier molecular flexibility index (Phi) is 7.76. The molecule has 1 unspecified atom stereocenters. The van der Waals surface area contributed by atoms with Gasteiger partial charge >= 0.3 is 0 Å². The Morgan fingerprint density at radius 1 is 1.11 bits per heavy atom. The van der Waals surface area contributed by atoms with Gasteiger partial charge < -0.3 is 5.73 Å². The number of hydrogen-bond donors (Lipinski definition) is 1. The number of hydrogen-bond acceptors (Lipinski definition) is 1. The van der Waals surface area contributed by atoms with E-state index in [0.717, 1.165) is 12.6 Å². The van der Waals surface area contributed by atoms with Crippen LogP contribution in [-0.4, -0.2) is 12.7 Å². The van der Waals surface area contributed by atoms with Crippen LogP contribution in [0.5, 0.6) is 0 Å². The molecule has 0 bridgehead atoms. The molecule has 0 aromatic heterocycles. The fourth-order valence-electron chi connectivity index (χ4n) is 0.463. The third kappa shape index (κ3) is 7.87. The average Bonchev–Trinajstić information content (AvgIpc) is 1.89. The summed E-state index contributed by atoms with van der Waals surface area (Å²) in [6.45, 7) is 0.648. The van der Waals surface area contributed by atoms with E-state index in [2.05, 4.69) is 27.5 Å². The molecule has 0 spiro atoms. The van der Waals surface area contributed by atoms with E-state index in [0.29, 0.717) is 6.54 Å². The van der Waals surface area contributed by atoms with Crippen LogP contribution in [0.25, 0.3) is 0 Å². The smallest absolute Gasteiger partial charge is 0.0106 e. The predicted octanol–water partition coefficient (Wildman–Crippen LogP) is 1.32. The molecule has 52 valence electrons. The molecule has 0 heterocycles. The summed E-state index contributed by atoms with van der Waals surface area (Å²) in [5.41, 5.74) is 5.23. The van der Waals surface area contributed by atoms with Crippen LogP contribution < -0.4 is 5.73 Å². The van der Waals surface area contributed by atoms with E-state index >= 15 is 0 Å². The van der Waals surface area contributed by atoms with Crippen LogP contribution in [-0.2, 0) is 0 Å². The van der Waals surface area contributed by atoms with Crippen molar-refractivity contribution in [2.24, 2.45) is 5.73 Å². The molecule has 0 saturated heterocycles. The number of nitrogens with two attached hydrogens (primary N) is 1. The average molecular weight is 143 g/mol. The second-order valence-electron chi connectivity index (χ2n) is 1.65. The summed E-state index contributed by atoms with van der Waals surface area (Å²) in [4.78, 5) is 0. The van der Waals surface area contributed by atoms with Crippen LogP contribution >= 0.6 is 9.24 Å². The van der Waals surface area contributed by atoms with Crippen LogP contribution in [0.2, 0.25) is 0 Å². The van der Waals surface area contributed by atoms with Crippen LogP contribution in [0, 0.1) is 0 Å². The van der Waals surface area contributed by atoms with Gasteiger partial charge in [0, 0.05) is 6.54 Å². The molecule has 0 radical (unpaired) electrons. The monoisotopic (exact) mass is 143 g/mol. The molecule has 9 heavy (non-hydrogen) atoms. The molecule has 1 atom stereocenters. The van der Waals surface area contributed by atoms with Crippen LogP contribution in [0.1, 0.15) is 6.42 Å². The van der Waals surface area contributed by atoms with Crippen molar-refractivity contribution in [3.05, 3.63) is 24.3 Å². The molecule has 0 aromatic rings. The standard InChI is InChI=1S/C7H14NP/c8-6-4-2-1-3-5-7-9/h2-5H,1,6-9H2/b4-2-,5-3-. The third-order valence-electron chi connectivity index (χ3n) is 0.878. The summed E-state index contributed by atoms with van der Waals surface area (Å²) in [6.07, 6.45) is 10.3. The fourth-order valence-corrected chi connectivity index (χ4v) is 0.656. The van der Waals surface area contributed by atoms with Gasteiger partial charge in [0.2, 0.25) is 0 Å². The Morgan fingerprint density at radius 3 is 2.33 bits per heavy atom. The molecule has 0 aliphatic carbocycles. The molecule has 2 N–H and O–H groups in total. The molecule has 0 rings (SSSR count). The molecule has 2 heteroatoms. The van der Waals surface area contributed by atoms with E-state index in [1.165, 1.54) is 0 Å². The minimum Gasteiger partial charge on any atom is -0.327 e. The minimum atomic E-state index is 0.648. The van der Waals surface area contributed by atoms with E-state index in [1.807, 2.05) is 6.08 Å². The number of allylic oxidation sites excluding steroid dienone is 3. The lowest BCUT2D eigenvalue weighted by Gasteiger charge is -1.80. The molecule has 0 aliphatic heterocycles. The van der Waals surface area contributed by atoms with Crippen molar-refractivity contribution in [2.75, 3.05) is 12.7 Å². The zero-order chi connectivity index (χ0) is 6.95. The van der Waals surface area contributed by atoms with Gasteiger partial charge in [-0.2, -0.15) is 0 Å². The first-order valence-electron chi connectivity index (χ1n) is 3.12. The van der Waals surface area contributed by atoms with Crippen molar-refractivity contribution in [1.82, 2.24) is 0 Å². The first-order valence-corrected chi connectivity index (χ1v) is 3.93. The summed E-state index contributed by atoms with van der Waals surface area (Å²) < 4.78 is 0. The van der Waals surface area contributed by atoms with Crippen molar-refractivity contribution in [2.45, 2.75) is 6.42 Å². The Labute approximate surface area is 59.2 Å². The Bertz CT molecular complexity index is 85.1. The van der Waals surface area contributed by atoms with Crippen molar-refractivity contribution < 1.29 is 0 Å². The van der Waals surface area contributed by atoms with Crippen molar-refractivity contribution >= 4 is 9.24 Å². The highest BCUT2D eigenvalue weighted by atomic mass is 31.0. The Balaban J connectivity index is 3.08. The zero-order valence-corrected chi connectivity index (χ0v) is 6.74. The predicted molar refractivity (Wildman–Crippen MR) is 46.5 cm³/mol. The lowest BCUT2D eigenvalue weighted by Crippen LogP contribution is -1.91. The van der Waals surface area contributed by atoms with E-state index in [-0.39, 0.29) is 0 Å². The molecule has 0 aromatic carbocycles. The highest BCUT2D eigenvalue weighted by molar-refractivity contribution is 7.16. The quantitative estimate of drug-likeness (QED) is 0.466. The number of rotatable bonds is 4. The van der Waals surface area contributed by atoms with Crippen LogP contribution in [0.3, 0.4) is 0 Å². The van der Waals surface area contributed by atoms with Gasteiger partial charge in [0.1, 0.15) is 0 Å². The normalized spacial score (nSPS) is 11.8. The van der Waals surface area contributed by atoms with Gasteiger partial charge in [-0.15, -0.1) is 9.24 Å². The maximum absolute atomic E-state index is 5.23. The van der Waals surface area contributed by atoms with E-state index in [4.69, 9.17) is 5.73 Å². The van der Waals surface area contributed by atoms with E-state index in [9.17, 15) is 0 Å². The zero-order valence-electron chi connectivity index (χ0n) is 5.59. The van der Waals surface area contributed by atoms with Gasteiger partial charge in [0.25, 0.3) is 0 Å². The van der Waals surface area contributed by atoms with E-state index < -0.39 is 0 Å². The molecule has 1 nitrogen and oxygen atoms in total. The van der Waals surface area contributed by atoms with Crippen LogP contribution in [0.15, 0.2) is 24.3 Å². The second-order valence-corrected chi connectivity index (χ2v) is 2.12.